The van der Waals surface area contributed by atoms with Crippen LogP contribution in [-0.4, -0.2) is 22.8 Å². The molecule has 1 unspecified atom stereocenters. The van der Waals surface area contributed by atoms with E-state index >= 15 is 0 Å². The summed E-state index contributed by atoms with van der Waals surface area (Å²) in [6, 6.07) is 8.04. The maximum atomic E-state index is 11.9. The fourth-order valence-electron chi connectivity index (χ4n) is 1.65. The Morgan fingerprint density at radius 1 is 1.32 bits per heavy atom. The molecule has 1 heterocycles. The average Bonchev–Trinajstić information content (AvgIpc) is 2.65. The molecular formula is C13H10N2O4. The van der Waals surface area contributed by atoms with Gasteiger partial charge in [0.2, 0.25) is 0 Å². The second-order valence-electron chi connectivity index (χ2n) is 4.12. The average molecular weight is 258 g/mol. The molecule has 0 N–H and O–H groups in total. The first-order valence-corrected chi connectivity index (χ1v) is 5.63. The Hall–Kier alpha value is -2.68. The normalized spacial score (nSPS) is 14.8. The molecule has 1 aromatic carbocycles. The number of fused-ring (bicyclic) bond motifs is 1. The summed E-state index contributed by atoms with van der Waals surface area (Å²) in [5.74, 6) is -2.82. The van der Waals surface area contributed by atoms with Crippen molar-refractivity contribution >= 4 is 17.8 Å². The lowest BCUT2D eigenvalue weighted by molar-refractivity contribution is -0.172. The van der Waals surface area contributed by atoms with E-state index < -0.39 is 23.7 Å². The molecule has 2 amide bonds. The van der Waals surface area contributed by atoms with Gasteiger partial charge in [-0.25, -0.2) is 4.79 Å². The molecule has 1 aliphatic rings. The van der Waals surface area contributed by atoms with Gasteiger partial charge in [-0.05, 0) is 12.1 Å². The van der Waals surface area contributed by atoms with E-state index in [4.69, 9.17) is 10.1 Å². The molecule has 6 nitrogen and oxygen atoms in total. The number of carbonyl (C=O) groups is 3. The van der Waals surface area contributed by atoms with Crippen molar-refractivity contribution in [3.63, 3.8) is 0 Å². The van der Waals surface area contributed by atoms with Gasteiger partial charge < -0.3 is 4.84 Å². The third kappa shape index (κ3) is 2.18. The Kier molecular flexibility index (Phi) is 3.29. The van der Waals surface area contributed by atoms with E-state index in [-0.39, 0.29) is 17.5 Å². The van der Waals surface area contributed by atoms with Gasteiger partial charge >= 0.3 is 5.97 Å². The van der Waals surface area contributed by atoms with E-state index in [1.807, 2.05) is 6.07 Å². The molecule has 0 radical (unpaired) electrons. The monoisotopic (exact) mass is 258 g/mol. The molecule has 0 aromatic heterocycles. The molecule has 96 valence electrons. The lowest BCUT2D eigenvalue weighted by Gasteiger charge is -2.14. The first kappa shape index (κ1) is 12.8. The van der Waals surface area contributed by atoms with Crippen LogP contribution in [0.5, 0.6) is 0 Å². The maximum absolute atomic E-state index is 11.9. The number of imide groups is 1. The predicted molar refractivity (Wildman–Crippen MR) is 62.4 cm³/mol. The van der Waals surface area contributed by atoms with Crippen molar-refractivity contribution in [2.45, 2.75) is 13.3 Å². The highest BCUT2D eigenvalue weighted by Crippen LogP contribution is 2.23. The van der Waals surface area contributed by atoms with Crippen LogP contribution in [0.25, 0.3) is 0 Å². The summed E-state index contributed by atoms with van der Waals surface area (Å²) in [5, 5.41) is 8.93. The standard InChI is InChI=1S/C13H10N2O4/c1-8(6-7-14)13(18)19-15-11(16)9-4-2-3-5-10(9)12(15)17/h2-5,8H,6H2,1H3. The summed E-state index contributed by atoms with van der Waals surface area (Å²) >= 11 is 0. The molecular weight excluding hydrogens is 248 g/mol. The lowest BCUT2D eigenvalue weighted by Crippen LogP contribution is -2.34. The Morgan fingerprint density at radius 3 is 2.32 bits per heavy atom. The van der Waals surface area contributed by atoms with Crippen molar-refractivity contribution in [1.82, 2.24) is 5.06 Å². The molecule has 2 rings (SSSR count). The Labute approximate surface area is 109 Å². The number of hydrogen-bond acceptors (Lipinski definition) is 5. The Morgan fingerprint density at radius 2 is 1.84 bits per heavy atom. The zero-order valence-corrected chi connectivity index (χ0v) is 10.1. The molecule has 19 heavy (non-hydrogen) atoms. The van der Waals surface area contributed by atoms with Crippen LogP contribution in [0, 0.1) is 17.2 Å². The minimum Gasteiger partial charge on any atom is -0.329 e. The first-order valence-electron chi connectivity index (χ1n) is 5.63. The number of nitrogens with zero attached hydrogens (tertiary/aromatic N) is 2. The molecule has 1 aromatic rings. The Balaban J connectivity index is 2.17. The van der Waals surface area contributed by atoms with Crippen LogP contribution in [0.1, 0.15) is 34.1 Å². The number of benzene rings is 1. The lowest BCUT2D eigenvalue weighted by atomic mass is 10.1. The van der Waals surface area contributed by atoms with E-state index in [9.17, 15) is 14.4 Å². The van der Waals surface area contributed by atoms with Gasteiger partial charge in [0.1, 0.15) is 0 Å². The van der Waals surface area contributed by atoms with E-state index in [0.29, 0.717) is 5.06 Å². The van der Waals surface area contributed by atoms with E-state index in [1.165, 1.54) is 19.1 Å². The summed E-state index contributed by atoms with van der Waals surface area (Å²) in [6.45, 7) is 1.49. The highest BCUT2D eigenvalue weighted by Gasteiger charge is 2.39. The zero-order valence-electron chi connectivity index (χ0n) is 10.1. The van der Waals surface area contributed by atoms with E-state index in [2.05, 4.69) is 0 Å². The van der Waals surface area contributed by atoms with E-state index in [1.54, 1.807) is 12.1 Å². The molecule has 1 aliphatic heterocycles. The number of amides is 2. The van der Waals surface area contributed by atoms with Gasteiger partial charge in [-0.1, -0.05) is 24.1 Å². The topological polar surface area (TPSA) is 87.5 Å². The van der Waals surface area contributed by atoms with Crippen LogP contribution in [-0.2, 0) is 9.63 Å². The van der Waals surface area contributed by atoms with Crippen LogP contribution >= 0.6 is 0 Å². The van der Waals surface area contributed by atoms with Gasteiger partial charge in [0.05, 0.1) is 23.1 Å². The van der Waals surface area contributed by atoms with Gasteiger partial charge in [-0.15, -0.1) is 0 Å². The largest absolute Gasteiger partial charge is 0.337 e. The van der Waals surface area contributed by atoms with Crippen molar-refractivity contribution in [2.24, 2.45) is 5.92 Å². The van der Waals surface area contributed by atoms with Gasteiger partial charge in [0.25, 0.3) is 11.8 Å². The van der Waals surface area contributed by atoms with Crippen LogP contribution in [0.15, 0.2) is 24.3 Å². The van der Waals surface area contributed by atoms with E-state index in [0.717, 1.165) is 0 Å². The van der Waals surface area contributed by atoms with Crippen molar-refractivity contribution in [3.8, 4) is 6.07 Å². The molecule has 0 fully saturated rings. The van der Waals surface area contributed by atoms with Gasteiger partial charge in [0, 0.05) is 6.42 Å². The number of nitriles is 1. The minimum atomic E-state index is -0.781. The summed E-state index contributed by atoms with van der Waals surface area (Å²) in [6.07, 6.45) is -0.0397. The zero-order chi connectivity index (χ0) is 14.0. The van der Waals surface area contributed by atoms with Crippen molar-refractivity contribution < 1.29 is 19.2 Å². The summed E-state index contributed by atoms with van der Waals surface area (Å²) < 4.78 is 0. The first-order chi connectivity index (χ1) is 9.06. The fraction of sp³-hybridized carbons (Fsp3) is 0.231. The van der Waals surface area contributed by atoms with Crippen molar-refractivity contribution in [3.05, 3.63) is 35.4 Å². The second kappa shape index (κ2) is 4.90. The molecule has 0 saturated heterocycles. The smallest absolute Gasteiger partial charge is 0.329 e. The second-order valence-corrected chi connectivity index (χ2v) is 4.12. The van der Waals surface area contributed by atoms with Crippen molar-refractivity contribution in [2.75, 3.05) is 0 Å². The molecule has 0 saturated carbocycles. The summed E-state index contributed by atoms with van der Waals surface area (Å²) in [5.41, 5.74) is 0.404. The van der Waals surface area contributed by atoms with Crippen molar-refractivity contribution in [1.29, 1.82) is 5.26 Å². The van der Waals surface area contributed by atoms with Crippen LogP contribution in [0.2, 0.25) is 0 Å². The van der Waals surface area contributed by atoms with Crippen LogP contribution in [0.3, 0.4) is 0 Å². The third-order valence-corrected chi connectivity index (χ3v) is 2.74. The highest BCUT2D eigenvalue weighted by molar-refractivity contribution is 6.20. The third-order valence-electron chi connectivity index (χ3n) is 2.74. The fourth-order valence-corrected chi connectivity index (χ4v) is 1.65. The SMILES string of the molecule is CC(CC#N)C(=O)ON1C(=O)c2ccccc2C1=O. The van der Waals surface area contributed by atoms with Crippen LogP contribution < -0.4 is 0 Å². The maximum Gasteiger partial charge on any atom is 0.337 e. The molecule has 1 atom stereocenters. The molecule has 0 spiro atoms. The molecule has 0 aliphatic carbocycles. The number of rotatable bonds is 3. The minimum absolute atomic E-state index is 0.0397. The van der Waals surface area contributed by atoms with Crippen LogP contribution in [0.4, 0.5) is 0 Å². The molecule has 0 bridgehead atoms. The summed E-state index contributed by atoms with van der Waals surface area (Å²) in [7, 11) is 0. The van der Waals surface area contributed by atoms with Gasteiger partial charge in [-0.2, -0.15) is 5.26 Å². The highest BCUT2D eigenvalue weighted by atomic mass is 16.7. The molecule has 6 heteroatoms. The number of carbonyl (C=O) groups excluding carboxylic acids is 3. The predicted octanol–water partition coefficient (Wildman–Crippen LogP) is 1.29. The van der Waals surface area contributed by atoms with Gasteiger partial charge in [-0.3, -0.25) is 9.59 Å². The Bertz CT molecular complexity index is 568. The quantitative estimate of drug-likeness (QED) is 0.762. The number of hydrogen-bond donors (Lipinski definition) is 0. The number of hydroxylamine groups is 2. The summed E-state index contributed by atoms with van der Waals surface area (Å²) in [4.78, 5) is 40.2. The van der Waals surface area contributed by atoms with Gasteiger partial charge in [0.15, 0.2) is 0 Å².